The van der Waals surface area contributed by atoms with Gasteiger partial charge in [0.15, 0.2) is 11.5 Å². The topological polar surface area (TPSA) is 71.1 Å². The third kappa shape index (κ3) is 4.42. The minimum atomic E-state index is -0.306. The second kappa shape index (κ2) is 7.74. The lowest BCUT2D eigenvalue weighted by Crippen LogP contribution is -2.30. The van der Waals surface area contributed by atoms with Crippen molar-refractivity contribution in [3.8, 4) is 11.5 Å². The van der Waals surface area contributed by atoms with Crippen molar-refractivity contribution in [1.29, 1.82) is 0 Å². The molecule has 0 radical (unpaired) electrons. The predicted octanol–water partition coefficient (Wildman–Crippen LogP) is 1.20. The first-order valence-corrected chi connectivity index (χ1v) is 8.66. The molecule has 136 valence electrons. The summed E-state index contributed by atoms with van der Waals surface area (Å²) in [7, 11) is 4.02. The number of carbonyl (C=O) groups excluding carboxylic acids is 2. The minimum absolute atomic E-state index is 0.0566. The van der Waals surface area contributed by atoms with Gasteiger partial charge in [0, 0.05) is 31.3 Å². The largest absolute Gasteiger partial charge is 0.486 e. The third-order valence-electron chi connectivity index (χ3n) is 4.43. The maximum absolute atomic E-state index is 12.5. The van der Waals surface area contributed by atoms with Crippen LogP contribution >= 0.6 is 0 Å². The van der Waals surface area contributed by atoms with E-state index in [1.165, 1.54) is 0 Å². The summed E-state index contributed by atoms with van der Waals surface area (Å²) in [5.74, 6) is 0.950. The lowest BCUT2D eigenvalue weighted by molar-refractivity contribution is -0.128. The van der Waals surface area contributed by atoms with E-state index in [4.69, 9.17) is 9.47 Å². The summed E-state index contributed by atoms with van der Waals surface area (Å²) in [6.07, 6.45) is 1.19. The standard InChI is InChI=1S/C18H25N3O4/c1-20(2)6-3-7-21-12-13(10-17(21)22)18(23)19-14-4-5-15-16(11-14)25-9-8-24-15/h4-5,11,13H,3,6-10,12H2,1-2H3,(H,19,23). The Hall–Kier alpha value is -2.28. The van der Waals surface area contributed by atoms with Crippen molar-refractivity contribution in [3.05, 3.63) is 18.2 Å². The Balaban J connectivity index is 1.54. The van der Waals surface area contributed by atoms with Crippen LogP contribution in [0.1, 0.15) is 12.8 Å². The van der Waals surface area contributed by atoms with E-state index in [9.17, 15) is 9.59 Å². The molecule has 1 aromatic carbocycles. The summed E-state index contributed by atoms with van der Waals surface area (Å²) in [5.41, 5.74) is 0.660. The Morgan fingerprint density at radius 2 is 2.04 bits per heavy atom. The molecule has 1 N–H and O–H groups in total. The van der Waals surface area contributed by atoms with Gasteiger partial charge in [-0.2, -0.15) is 0 Å². The number of ether oxygens (including phenoxy) is 2. The number of nitrogens with zero attached hydrogens (tertiary/aromatic N) is 2. The molecule has 0 aliphatic carbocycles. The first-order chi connectivity index (χ1) is 12.0. The summed E-state index contributed by atoms with van der Waals surface area (Å²) in [4.78, 5) is 28.5. The summed E-state index contributed by atoms with van der Waals surface area (Å²) < 4.78 is 11.0. The van der Waals surface area contributed by atoms with Crippen LogP contribution in [0.25, 0.3) is 0 Å². The highest BCUT2D eigenvalue weighted by atomic mass is 16.6. The summed E-state index contributed by atoms with van der Waals surface area (Å²) in [6, 6.07) is 5.34. The average Bonchev–Trinajstić information content (AvgIpc) is 2.95. The van der Waals surface area contributed by atoms with Crippen LogP contribution in [0.3, 0.4) is 0 Å². The smallest absolute Gasteiger partial charge is 0.229 e. The van der Waals surface area contributed by atoms with Gasteiger partial charge in [0.25, 0.3) is 0 Å². The normalized spacial score (nSPS) is 19.4. The van der Waals surface area contributed by atoms with Gasteiger partial charge in [0.1, 0.15) is 13.2 Å². The van der Waals surface area contributed by atoms with Crippen LogP contribution in [0.5, 0.6) is 11.5 Å². The van der Waals surface area contributed by atoms with E-state index in [0.29, 0.717) is 43.5 Å². The zero-order valence-electron chi connectivity index (χ0n) is 14.8. The lowest BCUT2D eigenvalue weighted by Gasteiger charge is -2.20. The molecule has 1 atom stereocenters. The zero-order valence-corrected chi connectivity index (χ0v) is 14.8. The van der Waals surface area contributed by atoms with Crippen molar-refractivity contribution >= 4 is 17.5 Å². The Morgan fingerprint density at radius 1 is 1.28 bits per heavy atom. The second-order valence-electron chi connectivity index (χ2n) is 6.75. The molecule has 7 nitrogen and oxygen atoms in total. The number of hydrogen-bond donors (Lipinski definition) is 1. The van der Waals surface area contributed by atoms with E-state index in [1.807, 2.05) is 14.1 Å². The number of benzene rings is 1. The molecule has 0 spiro atoms. The van der Waals surface area contributed by atoms with Gasteiger partial charge in [0.05, 0.1) is 5.92 Å². The molecule has 25 heavy (non-hydrogen) atoms. The molecule has 7 heteroatoms. The number of rotatable bonds is 6. The van der Waals surface area contributed by atoms with E-state index in [-0.39, 0.29) is 24.2 Å². The van der Waals surface area contributed by atoms with E-state index in [2.05, 4.69) is 10.2 Å². The Kier molecular flexibility index (Phi) is 5.43. The highest BCUT2D eigenvalue weighted by molar-refractivity contribution is 5.97. The molecule has 0 aromatic heterocycles. The summed E-state index contributed by atoms with van der Waals surface area (Å²) in [5, 5.41) is 2.89. The van der Waals surface area contributed by atoms with Gasteiger partial charge in [-0.15, -0.1) is 0 Å². The first kappa shape index (κ1) is 17.5. The molecule has 2 heterocycles. The van der Waals surface area contributed by atoms with Crippen LogP contribution in [0, 0.1) is 5.92 Å². The number of carbonyl (C=O) groups is 2. The zero-order chi connectivity index (χ0) is 17.8. The molecule has 1 fully saturated rings. The Morgan fingerprint density at radius 3 is 2.80 bits per heavy atom. The SMILES string of the molecule is CN(C)CCCN1CC(C(=O)Nc2ccc3c(c2)OCCO3)CC1=O. The van der Waals surface area contributed by atoms with Gasteiger partial charge in [-0.05, 0) is 39.2 Å². The number of nitrogens with one attached hydrogen (secondary N) is 1. The van der Waals surface area contributed by atoms with Crippen molar-refractivity contribution in [1.82, 2.24) is 9.80 Å². The van der Waals surface area contributed by atoms with Crippen molar-refractivity contribution in [2.45, 2.75) is 12.8 Å². The number of anilines is 1. The molecular formula is C18H25N3O4. The van der Waals surface area contributed by atoms with Gasteiger partial charge in [-0.25, -0.2) is 0 Å². The van der Waals surface area contributed by atoms with Crippen LogP contribution < -0.4 is 14.8 Å². The fourth-order valence-corrected chi connectivity index (χ4v) is 3.11. The fraction of sp³-hybridized carbons (Fsp3) is 0.556. The molecule has 2 aliphatic heterocycles. The molecule has 0 saturated carbocycles. The average molecular weight is 347 g/mol. The molecule has 1 unspecified atom stereocenters. The lowest BCUT2D eigenvalue weighted by atomic mass is 10.1. The molecule has 3 rings (SSSR count). The highest BCUT2D eigenvalue weighted by Gasteiger charge is 2.34. The Bertz CT molecular complexity index is 647. The van der Waals surface area contributed by atoms with Crippen molar-refractivity contribution in [2.24, 2.45) is 5.92 Å². The van der Waals surface area contributed by atoms with Crippen LogP contribution in [-0.2, 0) is 9.59 Å². The number of amides is 2. The summed E-state index contributed by atoms with van der Waals surface area (Å²) in [6.45, 7) is 3.15. The van der Waals surface area contributed by atoms with Gasteiger partial charge in [0.2, 0.25) is 11.8 Å². The maximum Gasteiger partial charge on any atom is 0.229 e. The third-order valence-corrected chi connectivity index (χ3v) is 4.43. The number of fused-ring (bicyclic) bond motifs is 1. The number of hydrogen-bond acceptors (Lipinski definition) is 5. The van der Waals surface area contributed by atoms with Crippen LogP contribution in [0.4, 0.5) is 5.69 Å². The van der Waals surface area contributed by atoms with E-state index >= 15 is 0 Å². The molecular weight excluding hydrogens is 322 g/mol. The highest BCUT2D eigenvalue weighted by Crippen LogP contribution is 2.33. The van der Waals surface area contributed by atoms with Gasteiger partial charge < -0.3 is 24.6 Å². The predicted molar refractivity (Wildman–Crippen MR) is 93.9 cm³/mol. The fourth-order valence-electron chi connectivity index (χ4n) is 3.11. The van der Waals surface area contributed by atoms with Crippen LogP contribution in [0.2, 0.25) is 0 Å². The minimum Gasteiger partial charge on any atom is -0.486 e. The maximum atomic E-state index is 12.5. The van der Waals surface area contributed by atoms with Gasteiger partial charge in [-0.1, -0.05) is 0 Å². The molecule has 2 aliphatic rings. The van der Waals surface area contributed by atoms with Crippen molar-refractivity contribution < 1.29 is 19.1 Å². The van der Waals surface area contributed by atoms with Crippen molar-refractivity contribution in [2.75, 3.05) is 52.3 Å². The molecule has 1 aromatic rings. The summed E-state index contributed by atoms with van der Waals surface area (Å²) >= 11 is 0. The Labute approximate surface area is 147 Å². The van der Waals surface area contributed by atoms with Gasteiger partial charge >= 0.3 is 0 Å². The second-order valence-corrected chi connectivity index (χ2v) is 6.75. The molecule has 2 amide bonds. The van der Waals surface area contributed by atoms with Crippen LogP contribution in [0.15, 0.2) is 18.2 Å². The van der Waals surface area contributed by atoms with Gasteiger partial charge in [-0.3, -0.25) is 9.59 Å². The van der Waals surface area contributed by atoms with E-state index in [0.717, 1.165) is 13.0 Å². The van der Waals surface area contributed by atoms with Crippen LogP contribution in [-0.4, -0.2) is 68.6 Å². The van der Waals surface area contributed by atoms with E-state index in [1.54, 1.807) is 23.1 Å². The number of likely N-dealkylation sites (tertiary alicyclic amines) is 1. The van der Waals surface area contributed by atoms with Crippen molar-refractivity contribution in [3.63, 3.8) is 0 Å². The molecule has 1 saturated heterocycles. The monoisotopic (exact) mass is 347 g/mol. The quantitative estimate of drug-likeness (QED) is 0.837. The van der Waals surface area contributed by atoms with E-state index < -0.39 is 0 Å². The molecule has 0 bridgehead atoms. The first-order valence-electron chi connectivity index (χ1n) is 8.66.